The highest BCUT2D eigenvalue weighted by Gasteiger charge is 2.26. The van der Waals surface area contributed by atoms with Crippen LogP contribution in [0.15, 0.2) is 23.4 Å². The number of nitrogens with two attached hydrogens (primary N) is 1. The summed E-state index contributed by atoms with van der Waals surface area (Å²) in [6.07, 6.45) is 1.95. The zero-order chi connectivity index (χ0) is 13.1. The molecular formula is C8H11N3O5S. The van der Waals surface area contributed by atoms with Crippen molar-refractivity contribution in [1.29, 1.82) is 0 Å². The molecule has 0 saturated carbocycles. The first-order chi connectivity index (χ1) is 7.83. The second kappa shape index (κ2) is 4.97. The van der Waals surface area contributed by atoms with E-state index in [4.69, 9.17) is 10.8 Å². The van der Waals surface area contributed by atoms with Crippen LogP contribution in [-0.4, -0.2) is 36.4 Å². The molecule has 0 spiro atoms. The molecule has 17 heavy (non-hydrogen) atoms. The molecule has 0 aromatic carbocycles. The van der Waals surface area contributed by atoms with Gasteiger partial charge < -0.3 is 15.8 Å². The first kappa shape index (κ1) is 13.2. The number of carboxylic acids is 1. The van der Waals surface area contributed by atoms with E-state index in [-0.39, 0.29) is 4.90 Å². The predicted octanol–water partition coefficient (Wildman–Crippen LogP) is -1.38. The van der Waals surface area contributed by atoms with Gasteiger partial charge in [-0.05, 0) is 6.07 Å². The molecule has 0 aliphatic carbocycles. The number of hydrogen-bond acceptors (Lipinski definition) is 4. The molecule has 9 heteroatoms. The molecule has 1 unspecified atom stereocenters. The Morgan fingerprint density at radius 1 is 1.53 bits per heavy atom. The number of aromatic nitrogens is 1. The van der Waals surface area contributed by atoms with Gasteiger partial charge in [0, 0.05) is 12.4 Å². The predicted molar refractivity (Wildman–Crippen MR) is 56.3 cm³/mol. The van der Waals surface area contributed by atoms with Gasteiger partial charge in [-0.25, -0.2) is 8.42 Å². The third-order valence-corrected chi connectivity index (χ3v) is 3.35. The maximum atomic E-state index is 11.6. The fourth-order valence-corrected chi connectivity index (χ4v) is 2.28. The average Bonchev–Trinajstić information content (AvgIpc) is 2.68. The van der Waals surface area contributed by atoms with E-state index in [0.29, 0.717) is 0 Å². The summed E-state index contributed by atoms with van der Waals surface area (Å²) in [6.45, 7) is 0. The molecule has 1 atom stereocenters. The average molecular weight is 261 g/mol. The van der Waals surface area contributed by atoms with Crippen LogP contribution in [0.25, 0.3) is 0 Å². The number of hydrogen-bond donors (Lipinski definition) is 4. The summed E-state index contributed by atoms with van der Waals surface area (Å²) in [4.78, 5) is 23.7. The molecule has 0 saturated heterocycles. The van der Waals surface area contributed by atoms with Crippen LogP contribution in [0.1, 0.15) is 6.42 Å². The molecular weight excluding hydrogens is 250 g/mol. The maximum absolute atomic E-state index is 11.6. The molecule has 1 rings (SSSR count). The molecule has 1 heterocycles. The molecule has 0 fully saturated rings. The van der Waals surface area contributed by atoms with Crippen molar-refractivity contribution in [1.82, 2.24) is 9.71 Å². The lowest BCUT2D eigenvalue weighted by molar-refractivity contribution is -0.140. The summed E-state index contributed by atoms with van der Waals surface area (Å²) in [5, 5.41) is 8.74. The number of primary amides is 1. The van der Waals surface area contributed by atoms with Gasteiger partial charge >= 0.3 is 5.97 Å². The first-order valence-corrected chi connectivity index (χ1v) is 5.97. The van der Waals surface area contributed by atoms with Crippen molar-refractivity contribution in [2.75, 3.05) is 0 Å². The van der Waals surface area contributed by atoms with Crippen molar-refractivity contribution in [2.24, 2.45) is 5.73 Å². The minimum atomic E-state index is -3.98. The molecule has 5 N–H and O–H groups in total. The van der Waals surface area contributed by atoms with Gasteiger partial charge in [0.15, 0.2) is 0 Å². The highest BCUT2D eigenvalue weighted by Crippen LogP contribution is 2.08. The molecule has 0 aliphatic rings. The number of carbonyl (C=O) groups excluding carboxylic acids is 1. The lowest BCUT2D eigenvalue weighted by Crippen LogP contribution is -2.43. The van der Waals surface area contributed by atoms with Crippen LogP contribution in [-0.2, 0) is 19.6 Å². The Kier molecular flexibility index (Phi) is 3.86. The van der Waals surface area contributed by atoms with Crippen molar-refractivity contribution in [3.05, 3.63) is 18.5 Å². The lowest BCUT2D eigenvalue weighted by atomic mass is 10.2. The zero-order valence-corrected chi connectivity index (χ0v) is 9.40. The molecule has 94 valence electrons. The van der Waals surface area contributed by atoms with E-state index in [2.05, 4.69) is 4.98 Å². The number of carbonyl (C=O) groups is 2. The largest absolute Gasteiger partial charge is 0.480 e. The van der Waals surface area contributed by atoms with Gasteiger partial charge in [0.1, 0.15) is 6.04 Å². The Balaban J connectivity index is 2.87. The second-order valence-corrected chi connectivity index (χ2v) is 4.94. The molecule has 1 aromatic heterocycles. The van der Waals surface area contributed by atoms with Gasteiger partial charge in [-0.1, -0.05) is 0 Å². The van der Waals surface area contributed by atoms with E-state index in [9.17, 15) is 18.0 Å². The van der Waals surface area contributed by atoms with Gasteiger partial charge in [-0.3, -0.25) is 9.59 Å². The summed E-state index contributed by atoms with van der Waals surface area (Å²) in [5.74, 6) is -2.38. The van der Waals surface area contributed by atoms with Crippen LogP contribution in [0.2, 0.25) is 0 Å². The van der Waals surface area contributed by atoms with Crippen molar-refractivity contribution in [3.63, 3.8) is 0 Å². The standard InChI is InChI=1S/C8H11N3O5S/c9-7(12)3-6(8(13)14)11-17(15,16)5-1-2-10-4-5/h1-2,4,6,10-11H,3H2,(H2,9,12)(H,13,14). The van der Waals surface area contributed by atoms with Crippen molar-refractivity contribution < 1.29 is 23.1 Å². The van der Waals surface area contributed by atoms with E-state index < -0.39 is 34.4 Å². The van der Waals surface area contributed by atoms with Gasteiger partial charge in [0.25, 0.3) is 0 Å². The Morgan fingerprint density at radius 3 is 2.59 bits per heavy atom. The molecule has 1 aromatic rings. The molecule has 1 amide bonds. The SMILES string of the molecule is NC(=O)CC(NS(=O)(=O)c1cc[nH]c1)C(=O)O. The van der Waals surface area contributed by atoms with Crippen molar-refractivity contribution in [2.45, 2.75) is 17.4 Å². The highest BCUT2D eigenvalue weighted by atomic mass is 32.2. The Bertz CT molecular complexity index is 507. The third-order valence-electron chi connectivity index (χ3n) is 1.88. The van der Waals surface area contributed by atoms with Crippen LogP contribution in [0.3, 0.4) is 0 Å². The zero-order valence-electron chi connectivity index (χ0n) is 8.58. The summed E-state index contributed by atoms with van der Waals surface area (Å²) < 4.78 is 25.2. The topological polar surface area (TPSA) is 142 Å². The monoisotopic (exact) mass is 261 g/mol. The highest BCUT2D eigenvalue weighted by molar-refractivity contribution is 7.89. The Hall–Kier alpha value is -1.87. The van der Waals surface area contributed by atoms with Crippen LogP contribution < -0.4 is 10.5 Å². The summed E-state index contributed by atoms with van der Waals surface area (Å²) in [6, 6.07) is -0.321. The summed E-state index contributed by atoms with van der Waals surface area (Å²) >= 11 is 0. The smallest absolute Gasteiger partial charge is 0.322 e. The minimum absolute atomic E-state index is 0.117. The number of nitrogens with one attached hydrogen (secondary N) is 2. The number of rotatable bonds is 6. The number of amides is 1. The minimum Gasteiger partial charge on any atom is -0.480 e. The van der Waals surface area contributed by atoms with Gasteiger partial charge in [-0.2, -0.15) is 4.72 Å². The molecule has 0 aliphatic heterocycles. The third kappa shape index (κ3) is 3.57. The van der Waals surface area contributed by atoms with Crippen LogP contribution in [0.5, 0.6) is 0 Å². The molecule has 0 radical (unpaired) electrons. The number of aliphatic carboxylic acids is 1. The van der Waals surface area contributed by atoms with E-state index >= 15 is 0 Å². The fraction of sp³-hybridized carbons (Fsp3) is 0.250. The van der Waals surface area contributed by atoms with Crippen molar-refractivity contribution in [3.8, 4) is 0 Å². The van der Waals surface area contributed by atoms with Gasteiger partial charge in [-0.15, -0.1) is 0 Å². The van der Waals surface area contributed by atoms with Gasteiger partial charge in [0.2, 0.25) is 15.9 Å². The van der Waals surface area contributed by atoms with E-state index in [0.717, 1.165) is 0 Å². The first-order valence-electron chi connectivity index (χ1n) is 4.49. The van der Waals surface area contributed by atoms with E-state index in [1.807, 2.05) is 4.72 Å². The number of H-pyrrole nitrogens is 1. The summed E-state index contributed by atoms with van der Waals surface area (Å²) in [7, 11) is -3.98. The van der Waals surface area contributed by atoms with Crippen LogP contribution >= 0.6 is 0 Å². The van der Waals surface area contributed by atoms with Crippen molar-refractivity contribution >= 4 is 21.9 Å². The fourth-order valence-electron chi connectivity index (χ4n) is 1.11. The maximum Gasteiger partial charge on any atom is 0.322 e. The Morgan fingerprint density at radius 2 is 2.18 bits per heavy atom. The number of carboxylic acid groups (broad SMARTS) is 1. The molecule has 0 bridgehead atoms. The van der Waals surface area contributed by atoms with E-state index in [1.54, 1.807) is 0 Å². The quantitative estimate of drug-likeness (QED) is 0.499. The van der Waals surface area contributed by atoms with Gasteiger partial charge in [0.05, 0.1) is 11.3 Å². The number of sulfonamides is 1. The van der Waals surface area contributed by atoms with Crippen LogP contribution in [0, 0.1) is 0 Å². The molecule has 8 nitrogen and oxygen atoms in total. The Labute approximate surface area is 96.9 Å². The van der Waals surface area contributed by atoms with Crippen LogP contribution in [0.4, 0.5) is 0 Å². The normalized spacial score (nSPS) is 13.2. The lowest BCUT2D eigenvalue weighted by Gasteiger charge is -2.12. The number of aromatic amines is 1. The van der Waals surface area contributed by atoms with E-state index in [1.165, 1.54) is 18.5 Å². The summed E-state index contributed by atoms with van der Waals surface area (Å²) in [5.41, 5.74) is 4.83. The second-order valence-electron chi connectivity index (χ2n) is 3.23.